The fourth-order valence-electron chi connectivity index (χ4n) is 6.45. The second-order valence-electron chi connectivity index (χ2n) is 13.2. The molecular formula is C28H52O6Si. The monoisotopic (exact) mass is 512 g/mol. The average Bonchev–Trinajstić information content (AvgIpc) is 3.06. The first-order valence-electron chi connectivity index (χ1n) is 14.2. The van der Waals surface area contributed by atoms with Crippen molar-refractivity contribution in [3.63, 3.8) is 0 Å². The van der Waals surface area contributed by atoms with Gasteiger partial charge in [0, 0.05) is 18.9 Å². The van der Waals surface area contributed by atoms with E-state index in [4.69, 9.17) is 13.9 Å². The molecule has 1 heterocycles. The molecule has 3 aliphatic rings. The number of hydrogen-bond donors (Lipinski definition) is 2. The van der Waals surface area contributed by atoms with Crippen LogP contribution >= 0.6 is 0 Å². The van der Waals surface area contributed by atoms with E-state index in [2.05, 4.69) is 40.8 Å². The van der Waals surface area contributed by atoms with Crippen LogP contribution in [0.1, 0.15) is 105 Å². The molecule has 0 aromatic rings. The van der Waals surface area contributed by atoms with Crippen molar-refractivity contribution in [2.24, 2.45) is 17.8 Å². The molecule has 6 nitrogen and oxygen atoms in total. The number of ether oxygens (including phenoxy) is 2. The number of carboxylic acid groups (broad SMARTS) is 1. The molecule has 1 saturated heterocycles. The Labute approximate surface area is 214 Å². The maximum Gasteiger partial charge on any atom is 0.303 e. The van der Waals surface area contributed by atoms with Gasteiger partial charge in [-0.15, -0.1) is 0 Å². The summed E-state index contributed by atoms with van der Waals surface area (Å²) >= 11 is 0. The van der Waals surface area contributed by atoms with Gasteiger partial charge in [-0.05, 0) is 81.8 Å². The van der Waals surface area contributed by atoms with Crippen LogP contribution < -0.4 is 0 Å². The number of aliphatic hydroxyl groups excluding tert-OH is 1. The van der Waals surface area contributed by atoms with Crippen LogP contribution in [0.3, 0.4) is 0 Å². The van der Waals surface area contributed by atoms with Crippen LogP contribution in [0, 0.1) is 17.8 Å². The average molecular weight is 513 g/mol. The summed E-state index contributed by atoms with van der Waals surface area (Å²) in [6, 6.07) is 0. The molecule has 0 amide bonds. The Kier molecular flexibility index (Phi) is 9.92. The van der Waals surface area contributed by atoms with Gasteiger partial charge in [-0.25, -0.2) is 0 Å². The third-order valence-electron chi connectivity index (χ3n) is 9.61. The first kappa shape index (κ1) is 29.1. The van der Waals surface area contributed by atoms with Gasteiger partial charge >= 0.3 is 5.97 Å². The fraction of sp³-hybridized carbons (Fsp3) is 0.964. The number of rotatable bonds is 10. The second kappa shape index (κ2) is 11.9. The van der Waals surface area contributed by atoms with Crippen molar-refractivity contribution >= 4 is 14.3 Å². The summed E-state index contributed by atoms with van der Waals surface area (Å²) < 4.78 is 19.5. The third kappa shape index (κ3) is 7.53. The molecule has 2 aliphatic carbocycles. The molecule has 1 unspecified atom stereocenters. The molecule has 3 fully saturated rings. The maximum absolute atomic E-state index is 11.7. The Hall–Kier alpha value is -0.473. The van der Waals surface area contributed by atoms with Crippen LogP contribution in [0.4, 0.5) is 0 Å². The second-order valence-corrected chi connectivity index (χ2v) is 18.0. The zero-order valence-electron chi connectivity index (χ0n) is 23.2. The van der Waals surface area contributed by atoms with Crippen LogP contribution in [-0.2, 0) is 18.7 Å². The van der Waals surface area contributed by atoms with Gasteiger partial charge < -0.3 is 24.1 Å². The van der Waals surface area contributed by atoms with Gasteiger partial charge in [-0.3, -0.25) is 4.79 Å². The van der Waals surface area contributed by atoms with Gasteiger partial charge in [-0.1, -0.05) is 40.0 Å². The molecule has 3 rings (SSSR count). The predicted molar refractivity (Wildman–Crippen MR) is 141 cm³/mol. The lowest BCUT2D eigenvalue weighted by Gasteiger charge is -2.49. The van der Waals surface area contributed by atoms with Gasteiger partial charge in [0.05, 0.1) is 24.2 Å². The minimum absolute atomic E-state index is 0.00226. The maximum atomic E-state index is 11.7. The van der Waals surface area contributed by atoms with Gasteiger partial charge in [0.25, 0.3) is 0 Å². The highest BCUT2D eigenvalue weighted by Crippen LogP contribution is 2.48. The lowest BCUT2D eigenvalue weighted by atomic mass is 9.74. The fourth-order valence-corrected chi connectivity index (χ4v) is 8.19. The Bertz CT molecular complexity index is 679. The summed E-state index contributed by atoms with van der Waals surface area (Å²) in [5.74, 6) is -0.612. The molecule has 0 aromatic carbocycles. The quantitative estimate of drug-likeness (QED) is 0.325. The number of aliphatic hydroxyl groups is 1. The molecule has 1 aliphatic heterocycles. The topological polar surface area (TPSA) is 85.2 Å². The summed E-state index contributed by atoms with van der Waals surface area (Å²) in [6.07, 6.45) is 10.4. The van der Waals surface area contributed by atoms with Crippen molar-refractivity contribution in [3.8, 4) is 0 Å². The summed E-state index contributed by atoms with van der Waals surface area (Å²) in [7, 11) is -2.00. The van der Waals surface area contributed by atoms with Gasteiger partial charge in [0.15, 0.2) is 14.6 Å². The third-order valence-corrected chi connectivity index (χ3v) is 14.2. The summed E-state index contributed by atoms with van der Waals surface area (Å²) in [5, 5.41) is 20.6. The molecule has 7 heteroatoms. The van der Waals surface area contributed by atoms with E-state index < -0.39 is 20.4 Å². The van der Waals surface area contributed by atoms with Crippen molar-refractivity contribution in [2.75, 3.05) is 6.61 Å². The van der Waals surface area contributed by atoms with Crippen LogP contribution in [0.25, 0.3) is 0 Å². The van der Waals surface area contributed by atoms with E-state index >= 15 is 0 Å². The molecule has 0 spiro atoms. The van der Waals surface area contributed by atoms with Gasteiger partial charge in [0.1, 0.15) is 0 Å². The highest BCUT2D eigenvalue weighted by Gasteiger charge is 2.49. The molecule has 2 saturated carbocycles. The van der Waals surface area contributed by atoms with E-state index in [1.54, 1.807) is 0 Å². The molecule has 35 heavy (non-hydrogen) atoms. The van der Waals surface area contributed by atoms with Crippen molar-refractivity contribution < 1.29 is 28.9 Å². The Morgan fingerprint density at radius 3 is 2.23 bits per heavy atom. The van der Waals surface area contributed by atoms with E-state index in [0.29, 0.717) is 18.9 Å². The zero-order valence-corrected chi connectivity index (χ0v) is 24.2. The molecule has 2 N–H and O–H groups in total. The normalized spacial score (nSPS) is 32.9. The highest BCUT2D eigenvalue weighted by molar-refractivity contribution is 6.74. The number of carbonyl (C=O) groups is 1. The summed E-state index contributed by atoms with van der Waals surface area (Å²) in [6.45, 7) is 14.6. The van der Waals surface area contributed by atoms with Crippen LogP contribution in [0.2, 0.25) is 18.1 Å². The van der Waals surface area contributed by atoms with Crippen LogP contribution in [0.15, 0.2) is 0 Å². The van der Waals surface area contributed by atoms with Crippen LogP contribution in [-0.4, -0.2) is 55.2 Å². The molecule has 0 aromatic heterocycles. The van der Waals surface area contributed by atoms with E-state index in [-0.39, 0.29) is 41.3 Å². The minimum atomic E-state index is -2.00. The molecule has 0 bridgehead atoms. The van der Waals surface area contributed by atoms with Crippen molar-refractivity contribution in [3.05, 3.63) is 0 Å². The van der Waals surface area contributed by atoms with E-state index in [1.807, 2.05) is 0 Å². The number of aliphatic carboxylic acids is 1. The van der Waals surface area contributed by atoms with E-state index in [9.17, 15) is 15.0 Å². The number of carboxylic acids is 1. The van der Waals surface area contributed by atoms with Crippen molar-refractivity contribution in [2.45, 2.75) is 147 Å². The van der Waals surface area contributed by atoms with Crippen molar-refractivity contribution in [1.29, 1.82) is 0 Å². The smallest absolute Gasteiger partial charge is 0.303 e. The molecule has 0 radical (unpaired) electrons. The minimum Gasteiger partial charge on any atom is -0.481 e. The van der Waals surface area contributed by atoms with E-state index in [1.165, 1.54) is 32.1 Å². The first-order valence-corrected chi connectivity index (χ1v) is 17.1. The SMILES string of the molecule is CC(C)(C)[Si](C)(C)O[C@@](C)(CC[C@H]1[C@@H](CC(=O)O)[C@@H](O)C[C@H]1OC1CCCCO1)C1CCCCC1. The largest absolute Gasteiger partial charge is 0.481 e. The van der Waals surface area contributed by atoms with E-state index in [0.717, 1.165) is 32.1 Å². The predicted octanol–water partition coefficient (Wildman–Crippen LogP) is 6.51. The Morgan fingerprint density at radius 2 is 1.66 bits per heavy atom. The Morgan fingerprint density at radius 1 is 1.00 bits per heavy atom. The number of hydrogen-bond acceptors (Lipinski definition) is 5. The van der Waals surface area contributed by atoms with Gasteiger partial charge in [-0.2, -0.15) is 0 Å². The standard InChI is InChI=1S/C28H52O6Si/c1-27(2,3)35(5,6)34-28(4,20-12-8-7-9-13-20)16-15-21-22(18-25(30)31)23(29)19-24(21)33-26-14-10-11-17-32-26/h20-24,26,29H,7-19H2,1-6H3,(H,30,31)/t21-,22+,23-,24+,26?,28-/m0/s1. The van der Waals surface area contributed by atoms with Gasteiger partial charge in [0.2, 0.25) is 0 Å². The van der Waals surface area contributed by atoms with Crippen LogP contribution in [0.5, 0.6) is 0 Å². The summed E-state index contributed by atoms with van der Waals surface area (Å²) in [4.78, 5) is 11.7. The first-order chi connectivity index (χ1) is 16.3. The highest BCUT2D eigenvalue weighted by atomic mass is 28.4. The lowest BCUT2D eigenvalue weighted by molar-refractivity contribution is -0.197. The molecule has 6 atom stereocenters. The zero-order chi connectivity index (χ0) is 25.9. The summed E-state index contributed by atoms with van der Waals surface area (Å²) in [5.41, 5.74) is -0.239. The molecular weight excluding hydrogens is 460 g/mol. The van der Waals surface area contributed by atoms with Crippen molar-refractivity contribution in [1.82, 2.24) is 0 Å². The lowest BCUT2D eigenvalue weighted by Crippen LogP contribution is -2.52. The Balaban J connectivity index is 1.80. The molecule has 204 valence electrons.